The van der Waals surface area contributed by atoms with Crippen LogP contribution in [0.4, 0.5) is 0 Å². The summed E-state index contributed by atoms with van der Waals surface area (Å²) in [4.78, 5) is 10.6. The van der Waals surface area contributed by atoms with Crippen LogP contribution in [0, 0.1) is 33.5 Å². The van der Waals surface area contributed by atoms with Gasteiger partial charge in [-0.3, -0.25) is 9.98 Å². The summed E-state index contributed by atoms with van der Waals surface area (Å²) >= 11 is 0. The highest BCUT2D eigenvalue weighted by Crippen LogP contribution is 2.65. The second kappa shape index (κ2) is 19.7. The molecule has 4 atom stereocenters. The van der Waals surface area contributed by atoms with E-state index in [9.17, 15) is 0 Å². The van der Waals surface area contributed by atoms with Crippen LogP contribution in [0.25, 0.3) is 0 Å². The van der Waals surface area contributed by atoms with Gasteiger partial charge in [0.15, 0.2) is 0 Å². The molecular weight excluding hydrogens is 744 g/mol. The Morgan fingerprint density at radius 2 is 0.780 bits per heavy atom. The lowest BCUT2D eigenvalue weighted by atomic mass is 9.70. The van der Waals surface area contributed by atoms with Crippen LogP contribution in [0.3, 0.4) is 0 Å². The zero-order valence-electron chi connectivity index (χ0n) is 35.1. The number of unbranched alkanes of at least 4 members (excludes halogenated alkanes) is 9. The highest BCUT2D eigenvalue weighted by Gasteiger charge is 2.60. The summed E-state index contributed by atoms with van der Waals surface area (Å²) in [5.74, 6) is 1.74. The van der Waals surface area contributed by atoms with Gasteiger partial charge in [0.05, 0.1) is 65.4 Å². The van der Waals surface area contributed by atoms with Gasteiger partial charge in [0.1, 0.15) is 0 Å². The number of nitrogens with zero attached hydrogens (tertiary/aromatic N) is 4. The molecule has 0 aromatic rings. The molecule has 294 valence electrons. The maximum Gasteiger partial charge on any atom is 0.0985 e. The molecule has 0 N–H and O–H groups in total. The van der Waals surface area contributed by atoms with Crippen LogP contribution in [0.15, 0.2) is 9.98 Å². The second-order valence-electron chi connectivity index (χ2n) is 19.0. The quantitative estimate of drug-likeness (QED) is 0.100. The number of likely N-dealkylation sites (N-methyl/N-ethyl adjacent to an activating group) is 2. The number of halogens is 2. The first-order valence-electron chi connectivity index (χ1n) is 21.6. The standard InChI is InChI=1S/C44H84N4.2BrH/c1-11-47(12-2,33-29-45-39-35-37-25-27-43(39,9)41(37,5)6)31-23-21-19-17-15-16-18-20-22-24-32-48(13-3,14-4)34-30-46-40-36-38-26-28-44(40,10)42(38,7)8;;/h37-38H,11-36H2,1-10H3;2*1H/q+2;;/p-2/t37-,38-,43+,44+;;/m1../s1. The van der Waals surface area contributed by atoms with Gasteiger partial charge in [-0.2, -0.15) is 0 Å². The van der Waals surface area contributed by atoms with E-state index in [1.54, 1.807) is 11.4 Å². The van der Waals surface area contributed by atoms with Gasteiger partial charge < -0.3 is 42.9 Å². The van der Waals surface area contributed by atoms with Gasteiger partial charge in [0.2, 0.25) is 0 Å². The van der Waals surface area contributed by atoms with Crippen molar-refractivity contribution in [2.45, 2.75) is 172 Å². The molecule has 4 fully saturated rings. The minimum atomic E-state index is 0. The molecule has 0 unspecified atom stereocenters. The zero-order valence-corrected chi connectivity index (χ0v) is 38.3. The van der Waals surface area contributed by atoms with E-state index in [0.717, 1.165) is 24.9 Å². The topological polar surface area (TPSA) is 24.7 Å². The average Bonchev–Trinajstić information content (AvgIpc) is 3.59. The number of aliphatic imine (C=N–C) groups is 2. The first-order chi connectivity index (χ1) is 22.8. The van der Waals surface area contributed by atoms with Crippen LogP contribution in [0.5, 0.6) is 0 Å². The van der Waals surface area contributed by atoms with Crippen LogP contribution in [-0.2, 0) is 0 Å². The fourth-order valence-corrected chi connectivity index (χ4v) is 11.4. The Labute approximate surface area is 333 Å². The van der Waals surface area contributed by atoms with Gasteiger partial charge in [-0.25, -0.2) is 0 Å². The molecule has 4 rings (SSSR count). The SMILES string of the molecule is CC[N+](CC)(CCCCCCCCCCCC[N+](CC)(CC)CCN=C1C[C@H]2CC[C@]1(C)C2(C)C)CCN=C1C[C@H]2CC[C@]1(C)C2(C)C.[Br-].[Br-]. The van der Waals surface area contributed by atoms with E-state index in [-0.39, 0.29) is 34.0 Å². The summed E-state index contributed by atoms with van der Waals surface area (Å²) in [6.07, 6.45) is 22.3. The number of hydrogen-bond acceptors (Lipinski definition) is 2. The van der Waals surface area contributed by atoms with Gasteiger partial charge in [-0.15, -0.1) is 0 Å². The number of quaternary nitrogens is 2. The van der Waals surface area contributed by atoms with Crippen molar-refractivity contribution in [3.8, 4) is 0 Å². The molecule has 0 heterocycles. The Kier molecular flexibility index (Phi) is 18.3. The Morgan fingerprint density at radius 1 is 0.480 bits per heavy atom. The van der Waals surface area contributed by atoms with E-state index < -0.39 is 0 Å². The van der Waals surface area contributed by atoms with Gasteiger partial charge in [0, 0.05) is 22.3 Å². The number of fused-ring (bicyclic) bond motifs is 4. The molecule has 4 nitrogen and oxygen atoms in total. The molecule has 6 heteroatoms. The Morgan fingerprint density at radius 3 is 1.02 bits per heavy atom. The van der Waals surface area contributed by atoms with E-state index in [1.807, 2.05) is 0 Å². The van der Waals surface area contributed by atoms with Gasteiger partial charge in [-0.05, 0) is 115 Å². The van der Waals surface area contributed by atoms with E-state index in [4.69, 9.17) is 9.98 Å². The third-order valence-corrected chi connectivity index (χ3v) is 17.0. The molecule has 4 aliphatic rings. The molecular formula is C44H84Br2N4. The fourth-order valence-electron chi connectivity index (χ4n) is 11.4. The van der Waals surface area contributed by atoms with Crippen molar-refractivity contribution in [1.29, 1.82) is 0 Å². The summed E-state index contributed by atoms with van der Waals surface area (Å²) in [6, 6.07) is 0. The van der Waals surface area contributed by atoms with Crippen LogP contribution < -0.4 is 34.0 Å². The van der Waals surface area contributed by atoms with E-state index >= 15 is 0 Å². The summed E-state index contributed by atoms with van der Waals surface area (Å²) in [5.41, 5.74) is 4.75. The van der Waals surface area contributed by atoms with Crippen LogP contribution in [0.2, 0.25) is 0 Å². The maximum atomic E-state index is 5.31. The summed E-state index contributed by atoms with van der Waals surface area (Å²) in [7, 11) is 0. The van der Waals surface area contributed by atoms with Crippen molar-refractivity contribution in [3.05, 3.63) is 0 Å². The van der Waals surface area contributed by atoms with Crippen LogP contribution >= 0.6 is 0 Å². The monoisotopic (exact) mass is 827 g/mol. The Hall–Kier alpha value is 0.220. The van der Waals surface area contributed by atoms with Crippen molar-refractivity contribution in [3.63, 3.8) is 0 Å². The molecule has 0 amide bonds. The second-order valence-corrected chi connectivity index (χ2v) is 19.0. The minimum absolute atomic E-state index is 0. The van der Waals surface area contributed by atoms with Crippen molar-refractivity contribution in [2.24, 2.45) is 43.5 Å². The van der Waals surface area contributed by atoms with Crippen molar-refractivity contribution >= 4 is 11.4 Å². The molecule has 0 aromatic carbocycles. The summed E-state index contributed by atoms with van der Waals surface area (Å²) in [6.45, 7) is 37.0. The fraction of sp³-hybridized carbons (Fsp3) is 0.955. The number of rotatable bonds is 23. The molecule has 4 bridgehead atoms. The lowest BCUT2D eigenvalue weighted by Gasteiger charge is -2.37. The first kappa shape index (κ1) is 46.4. The average molecular weight is 829 g/mol. The highest BCUT2D eigenvalue weighted by atomic mass is 79.9. The van der Waals surface area contributed by atoms with Crippen molar-refractivity contribution in [2.75, 3.05) is 65.4 Å². The molecule has 0 saturated heterocycles. The Bertz CT molecular complexity index is 990. The molecule has 0 radical (unpaired) electrons. The first-order valence-corrected chi connectivity index (χ1v) is 21.6. The van der Waals surface area contributed by atoms with Gasteiger partial charge >= 0.3 is 0 Å². The molecule has 0 aliphatic heterocycles. The largest absolute Gasteiger partial charge is 1.00 e. The zero-order chi connectivity index (χ0) is 35.1. The predicted octanol–water partition coefficient (Wildman–Crippen LogP) is 5.18. The molecule has 4 saturated carbocycles. The lowest BCUT2D eigenvalue weighted by molar-refractivity contribution is -0.923. The summed E-state index contributed by atoms with van der Waals surface area (Å²) < 4.78 is 2.53. The number of hydrogen-bond donors (Lipinski definition) is 0. The van der Waals surface area contributed by atoms with Crippen molar-refractivity contribution < 1.29 is 42.9 Å². The lowest BCUT2D eigenvalue weighted by Crippen LogP contribution is -3.00. The molecule has 4 aliphatic carbocycles. The normalized spacial score (nSPS) is 29.6. The molecule has 50 heavy (non-hydrogen) atoms. The summed E-state index contributed by atoms with van der Waals surface area (Å²) in [5, 5.41) is 0. The Balaban J connectivity index is 0.00000433. The van der Waals surface area contributed by atoms with Gasteiger partial charge in [-0.1, -0.05) is 80.1 Å². The van der Waals surface area contributed by atoms with E-state index in [0.29, 0.717) is 21.7 Å². The maximum absolute atomic E-state index is 5.31. The molecule has 0 aromatic heterocycles. The smallest absolute Gasteiger partial charge is 0.0985 e. The van der Waals surface area contributed by atoms with Crippen LogP contribution in [0.1, 0.15) is 172 Å². The molecule has 0 spiro atoms. The minimum Gasteiger partial charge on any atom is -1.00 e. The third kappa shape index (κ3) is 9.71. The highest BCUT2D eigenvalue weighted by molar-refractivity contribution is 5.94. The third-order valence-electron chi connectivity index (χ3n) is 17.0. The van der Waals surface area contributed by atoms with Gasteiger partial charge in [0.25, 0.3) is 0 Å². The van der Waals surface area contributed by atoms with Crippen LogP contribution in [-0.4, -0.2) is 85.8 Å². The van der Waals surface area contributed by atoms with E-state index in [2.05, 4.69) is 69.2 Å². The van der Waals surface area contributed by atoms with E-state index in [1.165, 1.54) is 164 Å². The predicted molar refractivity (Wildman–Crippen MR) is 211 cm³/mol. The van der Waals surface area contributed by atoms with Crippen molar-refractivity contribution in [1.82, 2.24) is 0 Å².